The van der Waals surface area contributed by atoms with Crippen LogP contribution >= 0.6 is 23.2 Å². The zero-order valence-electron chi connectivity index (χ0n) is 7.46. The number of halogens is 2. The second-order valence-corrected chi connectivity index (χ2v) is 3.41. The molecule has 78 valence electrons. The van der Waals surface area contributed by atoms with Gasteiger partial charge < -0.3 is 9.84 Å². The van der Waals surface area contributed by atoms with E-state index < -0.39 is 5.97 Å². The number of carboxylic acids is 1. The van der Waals surface area contributed by atoms with Gasteiger partial charge in [-0.15, -0.1) is 6.42 Å². The number of carboxylic acid groups (broad SMARTS) is 1. The molecule has 5 heteroatoms. The van der Waals surface area contributed by atoms with E-state index in [9.17, 15) is 4.79 Å². The minimum absolute atomic E-state index is 0.0338. The van der Waals surface area contributed by atoms with Crippen molar-refractivity contribution in [3.05, 3.63) is 27.7 Å². The molecule has 0 bridgehead atoms. The first-order valence-electron chi connectivity index (χ1n) is 3.85. The van der Waals surface area contributed by atoms with Crippen LogP contribution in [0.1, 0.15) is 10.4 Å². The van der Waals surface area contributed by atoms with Crippen molar-refractivity contribution in [2.75, 3.05) is 6.61 Å². The molecule has 0 atom stereocenters. The lowest BCUT2D eigenvalue weighted by Gasteiger charge is -2.08. The lowest BCUT2D eigenvalue weighted by molar-refractivity contribution is 0.0693. The van der Waals surface area contributed by atoms with Gasteiger partial charge in [0, 0.05) is 5.02 Å². The molecular formula is C10H6Cl2O3. The van der Waals surface area contributed by atoms with Crippen LogP contribution in [0.2, 0.25) is 10.0 Å². The Morgan fingerprint density at radius 1 is 1.53 bits per heavy atom. The maximum absolute atomic E-state index is 10.8. The van der Waals surface area contributed by atoms with E-state index in [1.807, 2.05) is 0 Å². The fourth-order valence-electron chi connectivity index (χ4n) is 0.980. The van der Waals surface area contributed by atoms with Crippen molar-refractivity contribution in [1.29, 1.82) is 0 Å². The number of hydrogen-bond donors (Lipinski definition) is 1. The maximum Gasteiger partial charge on any atom is 0.339 e. The molecule has 0 unspecified atom stereocenters. The van der Waals surface area contributed by atoms with E-state index in [1.54, 1.807) is 0 Å². The Hall–Kier alpha value is -1.37. The topological polar surface area (TPSA) is 46.5 Å². The summed E-state index contributed by atoms with van der Waals surface area (Å²) in [7, 11) is 0. The first-order chi connectivity index (χ1) is 7.06. The summed E-state index contributed by atoms with van der Waals surface area (Å²) in [5.74, 6) is 1.08. The summed E-state index contributed by atoms with van der Waals surface area (Å²) in [5, 5.41) is 9.21. The van der Waals surface area contributed by atoms with E-state index in [-0.39, 0.29) is 28.0 Å². The van der Waals surface area contributed by atoms with Gasteiger partial charge in [0.05, 0.1) is 5.02 Å². The molecule has 0 fully saturated rings. The number of rotatable bonds is 3. The predicted molar refractivity (Wildman–Crippen MR) is 57.7 cm³/mol. The average Bonchev–Trinajstić information content (AvgIpc) is 2.15. The van der Waals surface area contributed by atoms with E-state index in [0.29, 0.717) is 0 Å². The van der Waals surface area contributed by atoms with Crippen molar-refractivity contribution in [2.45, 2.75) is 0 Å². The molecule has 0 radical (unpaired) electrons. The minimum atomic E-state index is -1.17. The van der Waals surface area contributed by atoms with Crippen LogP contribution in [0.5, 0.6) is 5.75 Å². The summed E-state index contributed by atoms with van der Waals surface area (Å²) in [6.45, 7) is -0.0539. The maximum atomic E-state index is 10.8. The van der Waals surface area contributed by atoms with E-state index in [0.717, 1.165) is 0 Å². The third-order valence-electron chi connectivity index (χ3n) is 1.54. The van der Waals surface area contributed by atoms with Gasteiger partial charge in [-0.1, -0.05) is 29.1 Å². The fourth-order valence-corrected chi connectivity index (χ4v) is 1.53. The summed E-state index contributed by atoms with van der Waals surface area (Å²) in [4.78, 5) is 10.8. The van der Waals surface area contributed by atoms with Crippen molar-refractivity contribution in [3.63, 3.8) is 0 Å². The summed E-state index contributed by atoms with van der Waals surface area (Å²) in [6.07, 6.45) is 4.99. The quantitative estimate of drug-likeness (QED) is 0.832. The molecular weight excluding hydrogens is 239 g/mol. The highest BCUT2D eigenvalue weighted by Gasteiger charge is 2.16. The Morgan fingerprint density at radius 3 is 2.73 bits per heavy atom. The lowest BCUT2D eigenvalue weighted by Crippen LogP contribution is -2.04. The Bertz CT molecular complexity index is 435. The van der Waals surface area contributed by atoms with E-state index in [1.165, 1.54) is 12.1 Å². The van der Waals surface area contributed by atoms with Crippen LogP contribution in [-0.2, 0) is 0 Å². The molecule has 0 saturated carbocycles. The van der Waals surface area contributed by atoms with Gasteiger partial charge in [0.2, 0.25) is 0 Å². The number of terminal acetylenes is 1. The summed E-state index contributed by atoms with van der Waals surface area (Å²) in [6, 6.07) is 2.64. The molecule has 3 nitrogen and oxygen atoms in total. The first-order valence-corrected chi connectivity index (χ1v) is 4.60. The van der Waals surface area contributed by atoms with Crippen molar-refractivity contribution in [3.8, 4) is 18.1 Å². The molecule has 1 rings (SSSR count). The molecule has 1 N–H and O–H groups in total. The summed E-state index contributed by atoms with van der Waals surface area (Å²) < 4.78 is 5.03. The number of benzene rings is 1. The molecule has 0 aromatic heterocycles. The average molecular weight is 245 g/mol. The smallest absolute Gasteiger partial charge is 0.339 e. The van der Waals surface area contributed by atoms with Gasteiger partial charge in [0.15, 0.2) is 5.75 Å². The van der Waals surface area contributed by atoms with Gasteiger partial charge in [-0.25, -0.2) is 4.79 Å². The van der Waals surface area contributed by atoms with Crippen LogP contribution in [0.25, 0.3) is 0 Å². The lowest BCUT2D eigenvalue weighted by atomic mass is 10.2. The SMILES string of the molecule is C#CCOc1c(Cl)cc(Cl)cc1C(=O)O. The van der Waals surface area contributed by atoms with Crippen molar-refractivity contribution in [2.24, 2.45) is 0 Å². The highest BCUT2D eigenvalue weighted by Crippen LogP contribution is 2.32. The predicted octanol–water partition coefficient (Wildman–Crippen LogP) is 2.70. The van der Waals surface area contributed by atoms with Crippen molar-refractivity contribution >= 4 is 29.2 Å². The largest absolute Gasteiger partial charge is 0.478 e. The monoisotopic (exact) mass is 244 g/mol. The van der Waals surface area contributed by atoms with Gasteiger partial charge in [-0.05, 0) is 12.1 Å². The van der Waals surface area contributed by atoms with Crippen LogP contribution in [0.3, 0.4) is 0 Å². The molecule has 0 aliphatic carbocycles. The zero-order chi connectivity index (χ0) is 11.4. The highest BCUT2D eigenvalue weighted by atomic mass is 35.5. The van der Waals surface area contributed by atoms with Gasteiger partial charge in [0.1, 0.15) is 12.2 Å². The number of ether oxygens (including phenoxy) is 1. The summed E-state index contributed by atoms with van der Waals surface area (Å²) >= 11 is 11.4. The molecule has 1 aromatic carbocycles. The molecule has 0 spiro atoms. The second-order valence-electron chi connectivity index (χ2n) is 2.56. The van der Waals surface area contributed by atoms with E-state index in [2.05, 4.69) is 5.92 Å². The van der Waals surface area contributed by atoms with Crippen LogP contribution in [0.15, 0.2) is 12.1 Å². The van der Waals surface area contributed by atoms with Gasteiger partial charge in [-0.2, -0.15) is 0 Å². The Morgan fingerprint density at radius 2 is 2.20 bits per heavy atom. The molecule has 0 aliphatic rings. The standard InChI is InChI=1S/C10H6Cl2O3/c1-2-3-15-9-7(10(13)14)4-6(11)5-8(9)12/h1,4-5H,3H2,(H,13,14). The highest BCUT2D eigenvalue weighted by molar-refractivity contribution is 6.36. The Balaban J connectivity index is 3.22. The number of carbonyl (C=O) groups is 1. The van der Waals surface area contributed by atoms with Gasteiger partial charge in [0.25, 0.3) is 0 Å². The molecule has 0 saturated heterocycles. The molecule has 0 heterocycles. The molecule has 0 amide bonds. The zero-order valence-corrected chi connectivity index (χ0v) is 8.97. The normalized spacial score (nSPS) is 9.40. The van der Waals surface area contributed by atoms with Gasteiger partial charge in [-0.3, -0.25) is 0 Å². The fraction of sp³-hybridized carbons (Fsp3) is 0.100. The first kappa shape index (κ1) is 11.7. The van der Waals surface area contributed by atoms with Crippen molar-refractivity contribution in [1.82, 2.24) is 0 Å². The second kappa shape index (κ2) is 4.92. The van der Waals surface area contributed by atoms with Crippen LogP contribution < -0.4 is 4.74 Å². The Labute approximate surface area is 96.6 Å². The van der Waals surface area contributed by atoms with Crippen LogP contribution in [0, 0.1) is 12.3 Å². The Kier molecular flexibility index (Phi) is 3.84. The van der Waals surface area contributed by atoms with Crippen LogP contribution in [0.4, 0.5) is 0 Å². The molecule has 15 heavy (non-hydrogen) atoms. The van der Waals surface area contributed by atoms with E-state index >= 15 is 0 Å². The molecule has 0 aliphatic heterocycles. The van der Waals surface area contributed by atoms with E-state index in [4.69, 9.17) is 39.5 Å². The van der Waals surface area contributed by atoms with Crippen molar-refractivity contribution < 1.29 is 14.6 Å². The number of aromatic carboxylic acids is 1. The number of hydrogen-bond acceptors (Lipinski definition) is 2. The molecule has 1 aromatic rings. The third-order valence-corrected chi connectivity index (χ3v) is 2.04. The van der Waals surface area contributed by atoms with Gasteiger partial charge >= 0.3 is 5.97 Å². The minimum Gasteiger partial charge on any atom is -0.478 e. The summed E-state index contributed by atoms with van der Waals surface area (Å²) in [5.41, 5.74) is -0.109. The van der Waals surface area contributed by atoms with Crippen LogP contribution in [-0.4, -0.2) is 17.7 Å². The third kappa shape index (κ3) is 2.79.